The number of hydrogen-bond acceptors (Lipinski definition) is 2. The molecular weight excluding hydrogens is 200 g/mol. The molecule has 1 aromatic heterocycles. The van der Waals surface area contributed by atoms with Gasteiger partial charge < -0.3 is 5.43 Å². The number of carbonyl (C=O) groups is 1. The highest BCUT2D eigenvalue weighted by atomic mass is 16.1. The van der Waals surface area contributed by atoms with Gasteiger partial charge in [0.15, 0.2) is 6.29 Å². The Hall–Kier alpha value is -1.77. The second-order valence-electron chi connectivity index (χ2n) is 3.85. The van der Waals surface area contributed by atoms with Gasteiger partial charge >= 0.3 is 0 Å². The van der Waals surface area contributed by atoms with Crippen LogP contribution >= 0.6 is 0 Å². The van der Waals surface area contributed by atoms with Crippen molar-refractivity contribution >= 4 is 17.2 Å². The summed E-state index contributed by atoms with van der Waals surface area (Å²) in [5.74, 6) is 0. The van der Waals surface area contributed by atoms with Gasteiger partial charge in [-0.05, 0) is 12.5 Å². The molecule has 3 heteroatoms. The van der Waals surface area contributed by atoms with Crippen molar-refractivity contribution in [2.45, 2.75) is 19.8 Å². The molecule has 1 N–H and O–H groups in total. The third-order valence-electron chi connectivity index (χ3n) is 2.68. The van der Waals surface area contributed by atoms with Gasteiger partial charge in [-0.25, -0.2) is 0 Å². The minimum atomic E-state index is 0.736. The van der Waals surface area contributed by atoms with E-state index in [9.17, 15) is 4.79 Å². The van der Waals surface area contributed by atoms with Crippen LogP contribution in [-0.4, -0.2) is 17.5 Å². The number of benzene rings is 1. The molecular formula is C13H16N2O. The highest BCUT2D eigenvalue weighted by Crippen LogP contribution is 2.18. The molecule has 0 aliphatic rings. The zero-order chi connectivity index (χ0) is 11.4. The van der Waals surface area contributed by atoms with Crippen LogP contribution in [0.3, 0.4) is 0 Å². The molecule has 2 aromatic rings. The van der Waals surface area contributed by atoms with E-state index in [2.05, 4.69) is 12.3 Å². The number of carbonyl (C=O) groups excluding carboxylic acids is 1. The maximum Gasteiger partial charge on any atom is 0.152 e. The van der Waals surface area contributed by atoms with Crippen LogP contribution in [0.5, 0.6) is 0 Å². The fourth-order valence-electron chi connectivity index (χ4n) is 1.81. The average Bonchev–Trinajstić information content (AvgIpc) is 2.68. The Morgan fingerprint density at radius 3 is 2.94 bits per heavy atom. The van der Waals surface area contributed by atoms with Crippen molar-refractivity contribution in [3.63, 3.8) is 0 Å². The number of aromatic nitrogens is 1. The van der Waals surface area contributed by atoms with Crippen LogP contribution in [0.4, 0.5) is 0 Å². The number of para-hydroxylation sites is 1. The first-order chi connectivity index (χ1) is 7.86. The summed E-state index contributed by atoms with van der Waals surface area (Å²) < 4.78 is 1.94. The summed E-state index contributed by atoms with van der Waals surface area (Å²) in [6.07, 6.45) is 5.04. The van der Waals surface area contributed by atoms with E-state index in [0.29, 0.717) is 0 Å². The highest BCUT2D eigenvalue weighted by Gasteiger charge is 2.05. The van der Waals surface area contributed by atoms with Gasteiger partial charge in [-0.3, -0.25) is 9.47 Å². The van der Waals surface area contributed by atoms with Gasteiger partial charge in [0, 0.05) is 23.7 Å². The molecule has 0 radical (unpaired) electrons. The van der Waals surface area contributed by atoms with Crippen molar-refractivity contribution in [1.82, 2.24) is 4.68 Å². The van der Waals surface area contributed by atoms with Crippen LogP contribution in [0.25, 0.3) is 10.9 Å². The summed E-state index contributed by atoms with van der Waals surface area (Å²) in [6.45, 7) is 3.08. The van der Waals surface area contributed by atoms with Crippen LogP contribution < -0.4 is 5.43 Å². The largest absolute Gasteiger partial charge is 0.326 e. The second kappa shape index (κ2) is 4.84. The monoisotopic (exact) mass is 216 g/mol. The average molecular weight is 216 g/mol. The quantitative estimate of drug-likeness (QED) is 0.616. The number of unbranched alkanes of at least 4 members (excludes halogenated alkanes) is 1. The summed E-state index contributed by atoms with van der Waals surface area (Å²) >= 11 is 0. The minimum Gasteiger partial charge on any atom is -0.326 e. The lowest BCUT2D eigenvalue weighted by Crippen LogP contribution is -2.14. The fraction of sp³-hybridized carbons (Fsp3) is 0.308. The standard InChI is InChI=1S/C13H16N2O/c1-2-3-8-14-15-9-11(10-16)12-6-4-5-7-13(12)15/h4-7,9-10,14H,2-3,8H2,1H3. The minimum absolute atomic E-state index is 0.736. The third kappa shape index (κ3) is 1.94. The molecule has 2 rings (SSSR count). The third-order valence-corrected chi connectivity index (χ3v) is 2.68. The maximum absolute atomic E-state index is 10.9. The first kappa shape index (κ1) is 10.7. The molecule has 0 saturated heterocycles. The molecule has 0 aliphatic heterocycles. The van der Waals surface area contributed by atoms with E-state index in [-0.39, 0.29) is 0 Å². The molecule has 0 amide bonds. The zero-order valence-electron chi connectivity index (χ0n) is 9.44. The Kier molecular flexibility index (Phi) is 3.25. The van der Waals surface area contributed by atoms with E-state index in [0.717, 1.165) is 42.1 Å². The van der Waals surface area contributed by atoms with Crippen molar-refractivity contribution in [2.24, 2.45) is 0 Å². The number of nitrogens with one attached hydrogen (secondary N) is 1. The Morgan fingerprint density at radius 2 is 2.19 bits per heavy atom. The van der Waals surface area contributed by atoms with Crippen molar-refractivity contribution in [2.75, 3.05) is 12.0 Å². The highest BCUT2D eigenvalue weighted by molar-refractivity contribution is 5.97. The fourth-order valence-corrected chi connectivity index (χ4v) is 1.81. The van der Waals surface area contributed by atoms with Crippen molar-refractivity contribution in [3.05, 3.63) is 36.0 Å². The summed E-state index contributed by atoms with van der Waals surface area (Å²) in [4.78, 5) is 10.9. The van der Waals surface area contributed by atoms with Gasteiger partial charge in [-0.15, -0.1) is 0 Å². The van der Waals surface area contributed by atoms with Crippen LogP contribution in [-0.2, 0) is 0 Å². The van der Waals surface area contributed by atoms with Gasteiger partial charge in [0.1, 0.15) is 0 Å². The van der Waals surface area contributed by atoms with Crippen molar-refractivity contribution < 1.29 is 4.79 Å². The lowest BCUT2D eigenvalue weighted by molar-refractivity contribution is 0.112. The van der Waals surface area contributed by atoms with Crippen LogP contribution in [0.1, 0.15) is 30.1 Å². The van der Waals surface area contributed by atoms with Gasteiger partial charge in [0.2, 0.25) is 0 Å². The molecule has 84 valence electrons. The Balaban J connectivity index is 2.33. The Bertz CT molecular complexity index is 488. The van der Waals surface area contributed by atoms with Crippen molar-refractivity contribution in [1.29, 1.82) is 0 Å². The smallest absolute Gasteiger partial charge is 0.152 e. The van der Waals surface area contributed by atoms with Gasteiger partial charge in [0.25, 0.3) is 0 Å². The molecule has 0 atom stereocenters. The molecule has 0 saturated carbocycles. The van der Waals surface area contributed by atoms with E-state index in [1.165, 1.54) is 0 Å². The van der Waals surface area contributed by atoms with E-state index in [4.69, 9.17) is 0 Å². The van der Waals surface area contributed by atoms with Crippen LogP contribution in [0.2, 0.25) is 0 Å². The molecule has 1 heterocycles. The SMILES string of the molecule is CCCCNn1cc(C=O)c2ccccc21. The molecule has 1 aromatic carbocycles. The van der Waals surface area contributed by atoms with Crippen LogP contribution in [0.15, 0.2) is 30.5 Å². The molecule has 0 spiro atoms. The second-order valence-corrected chi connectivity index (χ2v) is 3.85. The van der Waals surface area contributed by atoms with Gasteiger partial charge in [-0.2, -0.15) is 0 Å². The number of hydrogen-bond donors (Lipinski definition) is 1. The maximum atomic E-state index is 10.9. The van der Waals surface area contributed by atoms with E-state index in [1.54, 1.807) is 0 Å². The molecule has 3 nitrogen and oxygen atoms in total. The van der Waals surface area contributed by atoms with Crippen LogP contribution in [0, 0.1) is 0 Å². The Morgan fingerprint density at radius 1 is 1.38 bits per heavy atom. The molecule has 16 heavy (non-hydrogen) atoms. The lowest BCUT2D eigenvalue weighted by atomic mass is 10.2. The number of rotatable bonds is 5. The summed E-state index contributed by atoms with van der Waals surface area (Å²) in [7, 11) is 0. The zero-order valence-corrected chi connectivity index (χ0v) is 9.44. The molecule has 0 aliphatic carbocycles. The number of fused-ring (bicyclic) bond motifs is 1. The van der Waals surface area contributed by atoms with Gasteiger partial charge in [0.05, 0.1) is 5.52 Å². The predicted octanol–water partition coefficient (Wildman–Crippen LogP) is 2.80. The summed E-state index contributed by atoms with van der Waals surface area (Å²) in [5.41, 5.74) is 5.09. The van der Waals surface area contributed by atoms with Crippen molar-refractivity contribution in [3.8, 4) is 0 Å². The Labute approximate surface area is 95.0 Å². The van der Waals surface area contributed by atoms with E-state index >= 15 is 0 Å². The van der Waals surface area contributed by atoms with Gasteiger partial charge in [-0.1, -0.05) is 31.5 Å². The summed E-state index contributed by atoms with van der Waals surface area (Å²) in [5, 5.41) is 1.00. The van der Waals surface area contributed by atoms with E-state index in [1.807, 2.05) is 35.1 Å². The lowest BCUT2D eigenvalue weighted by Gasteiger charge is -2.07. The number of aldehydes is 1. The van der Waals surface area contributed by atoms with E-state index < -0.39 is 0 Å². The number of nitrogens with zero attached hydrogens (tertiary/aromatic N) is 1. The normalized spacial score (nSPS) is 10.6. The molecule has 0 fully saturated rings. The first-order valence-corrected chi connectivity index (χ1v) is 5.66. The summed E-state index contributed by atoms with van der Waals surface area (Å²) in [6, 6.07) is 7.92. The molecule has 0 unspecified atom stereocenters. The topological polar surface area (TPSA) is 34.0 Å². The first-order valence-electron chi connectivity index (χ1n) is 5.66. The predicted molar refractivity (Wildman–Crippen MR) is 66.5 cm³/mol. The molecule has 0 bridgehead atoms.